The van der Waals surface area contributed by atoms with E-state index in [1.54, 1.807) is 0 Å². The second-order valence-corrected chi connectivity index (χ2v) is 12.5. The Kier molecular flexibility index (Phi) is 4.80. The molecule has 0 spiro atoms. The van der Waals surface area contributed by atoms with Crippen LogP contribution < -0.4 is 10.4 Å². The van der Waals surface area contributed by atoms with Crippen LogP contribution in [0.2, 0.25) is 0 Å². The van der Waals surface area contributed by atoms with Crippen molar-refractivity contribution >= 4 is 60.6 Å². The Morgan fingerprint density at radius 2 is 1.40 bits per heavy atom. The third kappa shape index (κ3) is 4.54. The van der Waals surface area contributed by atoms with E-state index in [2.05, 4.69) is 77.8 Å². The molecule has 3 heterocycles. The fraction of sp³-hybridized carbons (Fsp3) is 0.0952. The molecule has 3 aromatic heterocycles. The van der Waals surface area contributed by atoms with E-state index in [9.17, 15) is 0 Å². The molecule has 0 saturated carbocycles. The maximum atomic E-state index is 9.06. The Labute approximate surface area is 275 Å². The Balaban J connectivity index is 1.19. The number of nitrogens with zero attached hydrogens (tertiary/aromatic N) is 2. The highest BCUT2D eigenvalue weighted by Gasteiger charge is 2.20. The molecule has 0 amide bonds. The second-order valence-electron chi connectivity index (χ2n) is 11.4. The summed E-state index contributed by atoms with van der Waals surface area (Å²) in [7, 11) is 0. The van der Waals surface area contributed by atoms with E-state index in [1.807, 2.05) is 29.5 Å². The molecule has 0 radical (unpaired) electrons. The highest BCUT2D eigenvalue weighted by atomic mass is 32.1. The van der Waals surface area contributed by atoms with Crippen LogP contribution in [0.25, 0.3) is 59.7 Å². The molecule has 4 aromatic carbocycles. The van der Waals surface area contributed by atoms with Gasteiger partial charge in [-0.05, 0) is 99.0 Å². The zero-order chi connectivity index (χ0) is 35.8. The monoisotopic (exact) mass is 601 g/mol. The predicted molar refractivity (Wildman–Crippen MR) is 190 cm³/mol. The summed E-state index contributed by atoms with van der Waals surface area (Å²) in [6.07, 6.45) is 7.36. The maximum Gasteiger partial charge on any atom is 0.0971 e. The van der Waals surface area contributed by atoms with Crippen molar-refractivity contribution in [1.29, 1.82) is 0 Å². The van der Waals surface area contributed by atoms with Crippen molar-refractivity contribution < 1.29 is 9.60 Å². The van der Waals surface area contributed by atoms with Gasteiger partial charge in [0.15, 0.2) is 0 Å². The molecule has 2 aliphatic rings. The number of thiophene rings is 1. The smallest absolute Gasteiger partial charge is 0.0971 e. The molecule has 9 rings (SSSR count). The van der Waals surface area contributed by atoms with Crippen LogP contribution in [0.3, 0.4) is 0 Å². The highest BCUT2D eigenvalue weighted by Crippen LogP contribution is 2.39. The lowest BCUT2D eigenvalue weighted by Gasteiger charge is -2.21. The van der Waals surface area contributed by atoms with Gasteiger partial charge in [-0.1, -0.05) is 103 Å². The van der Waals surface area contributed by atoms with Crippen LogP contribution in [0, 0.1) is 0 Å². The number of hydrogen-bond acceptors (Lipinski definition) is 3. The van der Waals surface area contributed by atoms with E-state index < -0.39 is 12.2 Å². The number of allylic oxidation sites excluding steroid dienone is 4. The van der Waals surface area contributed by atoms with Crippen molar-refractivity contribution in [3.05, 3.63) is 160 Å². The number of pyridine rings is 2. The lowest BCUT2D eigenvalue weighted by molar-refractivity contribution is 0.951. The van der Waals surface area contributed by atoms with Crippen molar-refractivity contribution in [1.82, 2.24) is 9.97 Å². The number of aromatic nitrogens is 2. The molecular weight excluding hydrogens is 565 g/mol. The summed E-state index contributed by atoms with van der Waals surface area (Å²) >= 11 is 1.81. The quantitative estimate of drug-likeness (QED) is 0.188. The third-order valence-corrected chi connectivity index (χ3v) is 10.0. The average molecular weight is 602 g/mol. The van der Waals surface area contributed by atoms with Crippen molar-refractivity contribution in [3.8, 4) is 10.4 Å². The number of fused-ring (bicyclic) bond motifs is 5. The van der Waals surface area contributed by atoms with E-state index in [-0.39, 0.29) is 52.0 Å². The molecule has 0 fully saturated rings. The Bertz CT molecular complexity index is 2880. The Morgan fingerprint density at radius 1 is 0.644 bits per heavy atom. The standard InChI is InChI=1S/C42H30N2S/c1-2-13-32-27(8-1)9-6-16-37(32)40-24-23-39(45-40)31-11-5-10-30(26-31)33-20-21-36(35-15-4-3-14-34(33)35)38-22-19-29-18-17-28-12-7-25-43-41(28)42(29)44-38/h1-4,6-9,11-19,22-26H,5,10,20-21H2/i7D,12D,17D,18D,19D,22D,25D. The van der Waals surface area contributed by atoms with Gasteiger partial charge in [-0.2, -0.15) is 0 Å². The molecular formula is C42H30N2S. The first kappa shape index (κ1) is 20.0. The first-order chi connectivity index (χ1) is 25.2. The van der Waals surface area contributed by atoms with E-state index in [0.717, 1.165) is 28.9 Å². The van der Waals surface area contributed by atoms with Gasteiger partial charge in [0.1, 0.15) is 0 Å². The van der Waals surface area contributed by atoms with Crippen molar-refractivity contribution in [2.45, 2.75) is 25.7 Å². The highest BCUT2D eigenvalue weighted by molar-refractivity contribution is 7.16. The molecule has 0 aliphatic heterocycles. The lowest BCUT2D eigenvalue weighted by Crippen LogP contribution is -2.33. The minimum absolute atomic E-state index is 0.00362. The second kappa shape index (κ2) is 10.8. The van der Waals surface area contributed by atoms with Gasteiger partial charge in [0.05, 0.1) is 26.3 Å². The lowest BCUT2D eigenvalue weighted by atomic mass is 9.84. The summed E-state index contributed by atoms with van der Waals surface area (Å²) < 4.78 is 60.0. The number of rotatable bonds is 4. The molecule has 0 atom stereocenters. The SMILES string of the molecule is [2H]c1nc2c(c([2H])c1[2H])c([2H])c([2H])c1c([2H])c([2H])c(C3=c4ccccc4=C(C4=CC(c5ccc(-c6cccc7ccccc67)s5)=CCC4)CC3)nc12. The summed E-state index contributed by atoms with van der Waals surface area (Å²) in [5, 5.41) is 4.44. The largest absolute Gasteiger partial charge is 0.254 e. The van der Waals surface area contributed by atoms with Gasteiger partial charge in [-0.25, -0.2) is 4.98 Å². The summed E-state index contributed by atoms with van der Waals surface area (Å²) in [4.78, 5) is 11.6. The van der Waals surface area contributed by atoms with Crippen molar-refractivity contribution in [2.75, 3.05) is 0 Å². The molecule has 214 valence electrons. The fourth-order valence-electron chi connectivity index (χ4n) is 6.76. The van der Waals surface area contributed by atoms with Gasteiger partial charge >= 0.3 is 0 Å². The first-order valence-corrected chi connectivity index (χ1v) is 16.0. The van der Waals surface area contributed by atoms with Gasteiger partial charge in [-0.15, -0.1) is 11.3 Å². The van der Waals surface area contributed by atoms with Crippen LogP contribution >= 0.6 is 11.3 Å². The summed E-state index contributed by atoms with van der Waals surface area (Å²) in [6, 6.07) is 25.7. The summed E-state index contributed by atoms with van der Waals surface area (Å²) in [6.45, 7) is 0. The van der Waals surface area contributed by atoms with Crippen LogP contribution in [0.5, 0.6) is 0 Å². The summed E-state index contributed by atoms with van der Waals surface area (Å²) in [5.74, 6) is 0. The van der Waals surface area contributed by atoms with Crippen LogP contribution in [0.4, 0.5) is 0 Å². The molecule has 3 heteroatoms. The molecule has 0 unspecified atom stereocenters. The average Bonchev–Trinajstić information content (AvgIpc) is 3.67. The predicted octanol–water partition coefficient (Wildman–Crippen LogP) is 9.61. The molecule has 0 saturated heterocycles. The van der Waals surface area contributed by atoms with E-state index in [1.165, 1.54) is 42.8 Å². The maximum absolute atomic E-state index is 9.06. The zero-order valence-electron chi connectivity index (χ0n) is 31.3. The Morgan fingerprint density at radius 3 is 2.33 bits per heavy atom. The minimum Gasteiger partial charge on any atom is -0.254 e. The van der Waals surface area contributed by atoms with Crippen LogP contribution in [-0.4, -0.2) is 9.97 Å². The summed E-state index contributed by atoms with van der Waals surface area (Å²) in [5.41, 5.74) is 6.27. The first-order valence-electron chi connectivity index (χ1n) is 18.7. The fourth-order valence-corrected chi connectivity index (χ4v) is 7.81. The minimum atomic E-state index is -0.433. The normalized spacial score (nSPS) is 17.1. The van der Waals surface area contributed by atoms with Gasteiger partial charge in [0.25, 0.3) is 0 Å². The molecule has 45 heavy (non-hydrogen) atoms. The molecule has 0 bridgehead atoms. The van der Waals surface area contributed by atoms with Crippen molar-refractivity contribution in [2.24, 2.45) is 0 Å². The van der Waals surface area contributed by atoms with Gasteiger partial charge < -0.3 is 0 Å². The third-order valence-electron chi connectivity index (χ3n) is 8.88. The number of benzene rings is 4. The van der Waals surface area contributed by atoms with Gasteiger partial charge in [0, 0.05) is 26.7 Å². The Hall–Kier alpha value is -5.12. The van der Waals surface area contributed by atoms with E-state index in [4.69, 9.17) is 14.6 Å². The van der Waals surface area contributed by atoms with Gasteiger partial charge in [0.2, 0.25) is 0 Å². The zero-order valence-corrected chi connectivity index (χ0v) is 25.1. The number of hydrogen-bond donors (Lipinski definition) is 0. The van der Waals surface area contributed by atoms with Crippen LogP contribution in [0.15, 0.2) is 139 Å². The molecule has 2 aliphatic carbocycles. The molecule has 2 nitrogen and oxygen atoms in total. The molecule has 7 aromatic rings. The molecule has 0 N–H and O–H groups in total. The van der Waals surface area contributed by atoms with E-state index in [0.29, 0.717) is 18.5 Å². The van der Waals surface area contributed by atoms with Crippen LogP contribution in [-0.2, 0) is 0 Å². The van der Waals surface area contributed by atoms with E-state index >= 15 is 0 Å². The van der Waals surface area contributed by atoms with Gasteiger partial charge in [-0.3, -0.25) is 4.98 Å². The topological polar surface area (TPSA) is 25.8 Å². The van der Waals surface area contributed by atoms with Crippen LogP contribution in [0.1, 0.15) is 45.8 Å². The van der Waals surface area contributed by atoms with Crippen molar-refractivity contribution in [3.63, 3.8) is 0 Å².